The van der Waals surface area contributed by atoms with E-state index in [0.717, 1.165) is 41.9 Å². The van der Waals surface area contributed by atoms with Crippen LogP contribution in [0.25, 0.3) is 22.2 Å². The summed E-state index contributed by atoms with van der Waals surface area (Å²) in [5.74, 6) is 0. The zero-order valence-electron chi connectivity index (χ0n) is 12.7. The molecular weight excluding hydrogens is 278 g/mol. The first-order chi connectivity index (χ1) is 10.6. The van der Waals surface area contributed by atoms with Gasteiger partial charge >= 0.3 is 5.69 Å². The van der Waals surface area contributed by atoms with Crippen LogP contribution in [0.15, 0.2) is 39.9 Å². The third kappa shape index (κ3) is 1.53. The fourth-order valence-corrected chi connectivity index (χ4v) is 3.59. The summed E-state index contributed by atoms with van der Waals surface area (Å²) < 4.78 is 5.02. The highest BCUT2D eigenvalue weighted by molar-refractivity contribution is 5.96. The molecule has 0 aliphatic carbocycles. The van der Waals surface area contributed by atoms with Gasteiger partial charge in [-0.15, -0.1) is 0 Å². The highest BCUT2D eigenvalue weighted by Crippen LogP contribution is 2.35. The molecular formula is C17H17N3O2. The van der Waals surface area contributed by atoms with Crippen molar-refractivity contribution in [3.63, 3.8) is 0 Å². The molecule has 0 unspecified atom stereocenters. The molecule has 0 amide bonds. The molecule has 0 spiro atoms. The molecule has 3 heterocycles. The van der Waals surface area contributed by atoms with Crippen molar-refractivity contribution in [2.24, 2.45) is 14.1 Å². The zero-order chi connectivity index (χ0) is 15.4. The van der Waals surface area contributed by atoms with E-state index in [9.17, 15) is 9.59 Å². The van der Waals surface area contributed by atoms with E-state index in [1.165, 1.54) is 4.57 Å². The molecule has 1 aliphatic heterocycles. The van der Waals surface area contributed by atoms with Crippen molar-refractivity contribution in [1.82, 2.24) is 13.7 Å². The van der Waals surface area contributed by atoms with Gasteiger partial charge in [-0.1, -0.05) is 30.3 Å². The first-order valence-electron chi connectivity index (χ1n) is 7.47. The lowest BCUT2D eigenvalue weighted by Gasteiger charge is -2.07. The second-order valence-electron chi connectivity index (χ2n) is 5.85. The van der Waals surface area contributed by atoms with E-state index in [-0.39, 0.29) is 11.2 Å². The number of hydrogen-bond donors (Lipinski definition) is 0. The molecule has 0 N–H and O–H groups in total. The molecule has 0 saturated heterocycles. The van der Waals surface area contributed by atoms with Crippen LogP contribution in [0.5, 0.6) is 0 Å². The molecule has 3 aromatic rings. The Kier molecular flexibility index (Phi) is 2.66. The van der Waals surface area contributed by atoms with Gasteiger partial charge in [0.15, 0.2) is 0 Å². The Bertz CT molecular complexity index is 1010. The maximum atomic E-state index is 12.7. The molecule has 0 saturated carbocycles. The van der Waals surface area contributed by atoms with Crippen LogP contribution in [0, 0.1) is 0 Å². The van der Waals surface area contributed by atoms with Gasteiger partial charge in [-0.3, -0.25) is 13.9 Å². The van der Waals surface area contributed by atoms with Gasteiger partial charge in [-0.25, -0.2) is 4.79 Å². The van der Waals surface area contributed by atoms with Crippen LogP contribution in [0.3, 0.4) is 0 Å². The molecule has 1 aliphatic rings. The molecule has 4 rings (SSSR count). The van der Waals surface area contributed by atoms with Crippen LogP contribution in [0.2, 0.25) is 0 Å². The van der Waals surface area contributed by atoms with E-state index in [1.54, 1.807) is 18.7 Å². The Morgan fingerprint density at radius 2 is 1.73 bits per heavy atom. The molecule has 0 bridgehead atoms. The van der Waals surface area contributed by atoms with Crippen LogP contribution in [0.4, 0.5) is 0 Å². The number of nitrogens with zero attached hydrogens (tertiary/aromatic N) is 3. The van der Waals surface area contributed by atoms with Crippen molar-refractivity contribution < 1.29 is 0 Å². The van der Waals surface area contributed by atoms with Crippen LogP contribution in [-0.4, -0.2) is 13.7 Å². The van der Waals surface area contributed by atoms with Gasteiger partial charge < -0.3 is 4.57 Å². The largest absolute Gasteiger partial charge is 0.342 e. The Balaban J connectivity index is 2.28. The van der Waals surface area contributed by atoms with Crippen molar-refractivity contribution in [2.75, 3.05) is 0 Å². The summed E-state index contributed by atoms with van der Waals surface area (Å²) in [6.45, 7) is 0.894. The van der Waals surface area contributed by atoms with Gasteiger partial charge in [0.1, 0.15) is 0 Å². The normalized spacial score (nSPS) is 13.7. The van der Waals surface area contributed by atoms with Gasteiger partial charge in [0.25, 0.3) is 5.56 Å². The second kappa shape index (κ2) is 4.47. The molecule has 22 heavy (non-hydrogen) atoms. The third-order valence-corrected chi connectivity index (χ3v) is 4.61. The number of hydrogen-bond acceptors (Lipinski definition) is 2. The quantitative estimate of drug-likeness (QED) is 0.685. The molecule has 2 aromatic heterocycles. The minimum absolute atomic E-state index is 0.209. The Labute approximate surface area is 127 Å². The molecule has 0 atom stereocenters. The summed E-state index contributed by atoms with van der Waals surface area (Å²) >= 11 is 0. The van der Waals surface area contributed by atoms with E-state index in [4.69, 9.17) is 0 Å². The van der Waals surface area contributed by atoms with E-state index < -0.39 is 0 Å². The Morgan fingerprint density at radius 1 is 1.00 bits per heavy atom. The number of aryl methyl sites for hydroxylation is 2. The molecule has 112 valence electrons. The average Bonchev–Trinajstić information content (AvgIpc) is 3.11. The SMILES string of the molecule is Cn1c(=O)c2c(-c3ccccc3)n3c(c2n(C)c1=O)CCC3. The smallest absolute Gasteiger partial charge is 0.331 e. The van der Waals surface area contributed by atoms with Gasteiger partial charge in [0.2, 0.25) is 0 Å². The van der Waals surface area contributed by atoms with Crippen LogP contribution >= 0.6 is 0 Å². The number of aromatic nitrogens is 3. The van der Waals surface area contributed by atoms with E-state index >= 15 is 0 Å². The summed E-state index contributed by atoms with van der Waals surface area (Å²) in [5, 5.41) is 0.658. The van der Waals surface area contributed by atoms with Crippen LogP contribution < -0.4 is 11.2 Å². The molecule has 5 nitrogen and oxygen atoms in total. The summed E-state index contributed by atoms with van der Waals surface area (Å²) in [6.07, 6.45) is 1.96. The minimum Gasteiger partial charge on any atom is -0.342 e. The topological polar surface area (TPSA) is 48.9 Å². The van der Waals surface area contributed by atoms with Crippen molar-refractivity contribution in [1.29, 1.82) is 0 Å². The van der Waals surface area contributed by atoms with Crippen molar-refractivity contribution in [3.8, 4) is 11.3 Å². The Hall–Kier alpha value is -2.56. The predicted molar refractivity (Wildman–Crippen MR) is 86.2 cm³/mol. The van der Waals surface area contributed by atoms with Gasteiger partial charge in [0, 0.05) is 26.3 Å². The maximum absolute atomic E-state index is 12.7. The van der Waals surface area contributed by atoms with Crippen molar-refractivity contribution in [2.45, 2.75) is 19.4 Å². The van der Waals surface area contributed by atoms with Crippen LogP contribution in [-0.2, 0) is 27.1 Å². The molecule has 0 radical (unpaired) electrons. The van der Waals surface area contributed by atoms with E-state index in [0.29, 0.717) is 5.39 Å². The molecule has 5 heteroatoms. The summed E-state index contributed by atoms with van der Waals surface area (Å²) in [7, 11) is 3.29. The number of rotatable bonds is 1. The van der Waals surface area contributed by atoms with Crippen molar-refractivity contribution in [3.05, 3.63) is 56.9 Å². The lowest BCUT2D eigenvalue weighted by molar-refractivity contribution is 0.712. The van der Waals surface area contributed by atoms with Gasteiger partial charge in [-0.2, -0.15) is 0 Å². The minimum atomic E-state index is -0.266. The van der Waals surface area contributed by atoms with Gasteiger partial charge in [-0.05, 0) is 18.4 Å². The summed E-state index contributed by atoms with van der Waals surface area (Å²) in [4.78, 5) is 25.0. The monoisotopic (exact) mass is 295 g/mol. The summed E-state index contributed by atoms with van der Waals surface area (Å²) in [5.41, 5.74) is 3.39. The predicted octanol–water partition coefficient (Wildman–Crippen LogP) is 1.65. The Morgan fingerprint density at radius 3 is 2.45 bits per heavy atom. The first-order valence-corrected chi connectivity index (χ1v) is 7.47. The molecule has 0 fully saturated rings. The standard InChI is InChI=1S/C17H17N3O2/c1-18-15-12-9-6-10-20(12)14(11-7-4-3-5-8-11)13(15)16(21)19(2)17(18)22/h3-5,7-8H,6,9-10H2,1-2H3. The zero-order valence-corrected chi connectivity index (χ0v) is 12.7. The van der Waals surface area contributed by atoms with Gasteiger partial charge in [0.05, 0.1) is 16.6 Å². The molecule has 1 aromatic carbocycles. The number of fused-ring (bicyclic) bond motifs is 3. The first kappa shape index (κ1) is 13.1. The number of benzene rings is 1. The highest BCUT2D eigenvalue weighted by atomic mass is 16.2. The van der Waals surface area contributed by atoms with E-state index in [2.05, 4.69) is 4.57 Å². The lowest BCUT2D eigenvalue weighted by atomic mass is 10.1. The average molecular weight is 295 g/mol. The summed E-state index contributed by atoms with van der Waals surface area (Å²) in [6, 6.07) is 9.95. The third-order valence-electron chi connectivity index (χ3n) is 4.61. The maximum Gasteiger partial charge on any atom is 0.331 e. The fourth-order valence-electron chi connectivity index (χ4n) is 3.59. The second-order valence-corrected chi connectivity index (χ2v) is 5.85. The lowest BCUT2D eigenvalue weighted by Crippen LogP contribution is -2.36. The van der Waals surface area contributed by atoms with E-state index in [1.807, 2.05) is 30.3 Å². The fraction of sp³-hybridized carbons (Fsp3) is 0.294. The highest BCUT2D eigenvalue weighted by Gasteiger charge is 2.26. The van der Waals surface area contributed by atoms with Crippen molar-refractivity contribution >= 4 is 10.9 Å². The van der Waals surface area contributed by atoms with Crippen LogP contribution in [0.1, 0.15) is 12.1 Å².